The van der Waals surface area contributed by atoms with Gasteiger partial charge in [0, 0.05) is 5.75 Å². The lowest BCUT2D eigenvalue weighted by Crippen LogP contribution is -2.20. The van der Waals surface area contributed by atoms with E-state index in [4.69, 9.17) is 4.74 Å². The van der Waals surface area contributed by atoms with Gasteiger partial charge in [-0.15, -0.1) is 5.10 Å². The Morgan fingerprint density at radius 1 is 1.23 bits per heavy atom. The van der Waals surface area contributed by atoms with Crippen LogP contribution in [0.2, 0.25) is 0 Å². The Morgan fingerprint density at radius 3 is 2.81 bits per heavy atom. The normalized spacial score (nSPS) is 12.2. The summed E-state index contributed by atoms with van der Waals surface area (Å²) in [5.41, 5.74) is 3.11. The first-order chi connectivity index (χ1) is 12.5. The van der Waals surface area contributed by atoms with Gasteiger partial charge in [0.2, 0.25) is 5.16 Å². The third-order valence-corrected chi connectivity index (χ3v) is 4.76. The molecular formula is C18H19FN4O2S. The average Bonchev–Trinajstić information content (AvgIpc) is 3.07. The lowest BCUT2D eigenvalue weighted by molar-refractivity contribution is 0.123. The van der Waals surface area contributed by atoms with E-state index in [2.05, 4.69) is 21.6 Å². The van der Waals surface area contributed by atoms with E-state index in [9.17, 15) is 9.50 Å². The van der Waals surface area contributed by atoms with Crippen molar-refractivity contribution in [3.8, 4) is 11.4 Å². The van der Waals surface area contributed by atoms with Gasteiger partial charge in [0.15, 0.2) is 11.6 Å². The van der Waals surface area contributed by atoms with Crippen molar-refractivity contribution in [1.29, 1.82) is 0 Å². The quantitative estimate of drug-likeness (QED) is 0.641. The molecule has 3 aromatic rings. The van der Waals surface area contributed by atoms with Crippen LogP contribution in [-0.4, -0.2) is 43.8 Å². The summed E-state index contributed by atoms with van der Waals surface area (Å²) in [7, 11) is 0. The van der Waals surface area contributed by atoms with Gasteiger partial charge in [0.1, 0.15) is 6.61 Å². The van der Waals surface area contributed by atoms with Gasteiger partial charge in [-0.1, -0.05) is 41.6 Å². The van der Waals surface area contributed by atoms with Crippen LogP contribution in [0.25, 0.3) is 5.69 Å². The second kappa shape index (κ2) is 8.29. The van der Waals surface area contributed by atoms with Crippen LogP contribution in [0.4, 0.5) is 4.39 Å². The minimum atomic E-state index is -0.788. The molecule has 0 radical (unpaired) electrons. The molecule has 0 saturated heterocycles. The monoisotopic (exact) mass is 374 g/mol. The Balaban J connectivity index is 1.60. The standard InChI is InChI=1S/C18H19FN4O2S/c1-12-7-8-16(13(2)9-12)23-18(20-21-22-23)26-11-14(24)10-25-17-6-4-3-5-15(17)19/h3-9,14,24H,10-11H2,1-2H3/t14-/m0/s1. The van der Waals surface area contributed by atoms with Gasteiger partial charge in [-0.2, -0.15) is 4.68 Å². The number of aliphatic hydroxyl groups excluding tert-OH is 1. The molecule has 1 heterocycles. The van der Waals surface area contributed by atoms with Gasteiger partial charge in [0.25, 0.3) is 0 Å². The number of thioether (sulfide) groups is 1. The van der Waals surface area contributed by atoms with E-state index in [-0.39, 0.29) is 12.4 Å². The Kier molecular flexibility index (Phi) is 5.85. The van der Waals surface area contributed by atoms with E-state index in [1.165, 1.54) is 23.9 Å². The lowest BCUT2D eigenvalue weighted by atomic mass is 10.1. The largest absolute Gasteiger partial charge is 0.488 e. The molecule has 2 aromatic carbocycles. The van der Waals surface area contributed by atoms with Crippen molar-refractivity contribution >= 4 is 11.8 Å². The number of para-hydroxylation sites is 1. The second-order valence-electron chi connectivity index (χ2n) is 5.87. The van der Waals surface area contributed by atoms with Crippen LogP contribution in [0.15, 0.2) is 47.6 Å². The van der Waals surface area contributed by atoms with E-state index in [1.54, 1.807) is 16.8 Å². The number of ether oxygens (including phenoxy) is 1. The predicted molar refractivity (Wildman–Crippen MR) is 97.3 cm³/mol. The van der Waals surface area contributed by atoms with Crippen LogP contribution in [0, 0.1) is 19.7 Å². The van der Waals surface area contributed by atoms with Gasteiger partial charge >= 0.3 is 0 Å². The number of aryl methyl sites for hydroxylation is 2. The molecule has 0 amide bonds. The molecule has 0 unspecified atom stereocenters. The maximum atomic E-state index is 13.5. The zero-order valence-corrected chi connectivity index (χ0v) is 15.3. The van der Waals surface area contributed by atoms with Crippen molar-refractivity contribution in [2.24, 2.45) is 0 Å². The Labute approximate surface area is 155 Å². The maximum absolute atomic E-state index is 13.5. The first-order valence-electron chi connectivity index (χ1n) is 8.09. The van der Waals surface area contributed by atoms with Crippen LogP contribution in [-0.2, 0) is 0 Å². The van der Waals surface area contributed by atoms with E-state index in [1.807, 2.05) is 26.0 Å². The van der Waals surface area contributed by atoms with Crippen LogP contribution in [0.1, 0.15) is 11.1 Å². The van der Waals surface area contributed by atoms with Crippen molar-refractivity contribution in [3.05, 3.63) is 59.4 Å². The topological polar surface area (TPSA) is 73.1 Å². The molecule has 3 rings (SSSR count). The fourth-order valence-electron chi connectivity index (χ4n) is 2.43. The lowest BCUT2D eigenvalue weighted by Gasteiger charge is -2.13. The molecule has 0 bridgehead atoms. The number of rotatable bonds is 7. The SMILES string of the molecule is Cc1ccc(-n2nnnc2SC[C@@H](O)COc2ccccc2F)c(C)c1. The molecule has 0 aliphatic carbocycles. The molecule has 0 aliphatic heterocycles. The minimum Gasteiger partial charge on any atom is -0.488 e. The van der Waals surface area contributed by atoms with Crippen molar-refractivity contribution in [1.82, 2.24) is 20.2 Å². The molecule has 0 spiro atoms. The highest BCUT2D eigenvalue weighted by Gasteiger charge is 2.14. The molecule has 136 valence electrons. The average molecular weight is 374 g/mol. The number of hydrogen-bond acceptors (Lipinski definition) is 6. The van der Waals surface area contributed by atoms with Crippen molar-refractivity contribution in [3.63, 3.8) is 0 Å². The van der Waals surface area contributed by atoms with Gasteiger partial charge < -0.3 is 9.84 Å². The van der Waals surface area contributed by atoms with Gasteiger partial charge in [-0.25, -0.2) is 4.39 Å². The Bertz CT molecular complexity index is 887. The molecule has 0 aliphatic rings. The summed E-state index contributed by atoms with van der Waals surface area (Å²) in [5.74, 6) is -0.0116. The molecular weight excluding hydrogens is 355 g/mol. The summed E-state index contributed by atoms with van der Waals surface area (Å²) in [5, 5.41) is 22.4. The molecule has 6 nitrogen and oxygen atoms in total. The molecule has 1 N–H and O–H groups in total. The van der Waals surface area contributed by atoms with E-state index >= 15 is 0 Å². The number of nitrogens with zero attached hydrogens (tertiary/aromatic N) is 4. The Morgan fingerprint density at radius 2 is 2.04 bits per heavy atom. The summed E-state index contributed by atoms with van der Waals surface area (Å²) >= 11 is 1.31. The van der Waals surface area contributed by atoms with Crippen LogP contribution >= 0.6 is 11.8 Å². The highest BCUT2D eigenvalue weighted by atomic mass is 32.2. The number of hydrogen-bond donors (Lipinski definition) is 1. The van der Waals surface area contributed by atoms with E-state index in [0.29, 0.717) is 10.9 Å². The molecule has 26 heavy (non-hydrogen) atoms. The number of tetrazole rings is 1. The van der Waals surface area contributed by atoms with Gasteiger partial charge in [0.05, 0.1) is 11.8 Å². The first-order valence-corrected chi connectivity index (χ1v) is 9.07. The first kappa shape index (κ1) is 18.3. The fraction of sp³-hybridized carbons (Fsp3) is 0.278. The summed E-state index contributed by atoms with van der Waals surface area (Å²) in [4.78, 5) is 0. The maximum Gasteiger partial charge on any atom is 0.214 e. The molecule has 0 fully saturated rings. The summed E-state index contributed by atoms with van der Waals surface area (Å²) < 4.78 is 20.5. The zero-order valence-electron chi connectivity index (χ0n) is 14.5. The summed E-state index contributed by atoms with van der Waals surface area (Å²) in [6.45, 7) is 4.01. The second-order valence-corrected chi connectivity index (χ2v) is 6.86. The molecule has 1 aromatic heterocycles. The van der Waals surface area contributed by atoms with Crippen LogP contribution in [0.5, 0.6) is 5.75 Å². The minimum absolute atomic E-state index is 0.0148. The highest BCUT2D eigenvalue weighted by Crippen LogP contribution is 2.22. The third kappa shape index (κ3) is 4.39. The predicted octanol–water partition coefficient (Wildman–Crippen LogP) is 2.95. The van der Waals surface area contributed by atoms with Gasteiger partial charge in [-0.3, -0.25) is 0 Å². The molecule has 1 atom stereocenters. The zero-order chi connectivity index (χ0) is 18.5. The summed E-state index contributed by atoms with van der Waals surface area (Å²) in [6, 6.07) is 12.1. The molecule has 0 saturated carbocycles. The molecule has 8 heteroatoms. The fourth-order valence-corrected chi connectivity index (χ4v) is 3.22. The van der Waals surface area contributed by atoms with E-state index < -0.39 is 11.9 Å². The van der Waals surface area contributed by atoms with Crippen molar-refractivity contribution < 1.29 is 14.2 Å². The van der Waals surface area contributed by atoms with Crippen LogP contribution < -0.4 is 4.74 Å². The van der Waals surface area contributed by atoms with E-state index in [0.717, 1.165) is 16.8 Å². The third-order valence-electron chi connectivity index (χ3n) is 3.69. The van der Waals surface area contributed by atoms with Crippen molar-refractivity contribution in [2.45, 2.75) is 25.1 Å². The number of benzene rings is 2. The van der Waals surface area contributed by atoms with Gasteiger partial charge in [-0.05, 0) is 48.0 Å². The summed E-state index contributed by atoms with van der Waals surface area (Å²) in [6.07, 6.45) is -0.788. The number of aliphatic hydroxyl groups is 1. The number of halogens is 1. The smallest absolute Gasteiger partial charge is 0.214 e. The van der Waals surface area contributed by atoms with Crippen molar-refractivity contribution in [2.75, 3.05) is 12.4 Å². The Hall–Kier alpha value is -2.45. The highest BCUT2D eigenvalue weighted by molar-refractivity contribution is 7.99. The van der Waals surface area contributed by atoms with Crippen LogP contribution in [0.3, 0.4) is 0 Å². The number of aromatic nitrogens is 4.